The van der Waals surface area contributed by atoms with E-state index in [0.717, 1.165) is 6.42 Å². The minimum Gasteiger partial charge on any atom is -0.350 e. The predicted octanol–water partition coefficient (Wildman–Crippen LogP) is 4.23. The van der Waals surface area contributed by atoms with Gasteiger partial charge in [0.15, 0.2) is 4.77 Å². The molecule has 2 N–H and O–H groups in total. The van der Waals surface area contributed by atoms with Crippen molar-refractivity contribution in [3.8, 4) is 5.69 Å². The first kappa shape index (κ1) is 18.4. The van der Waals surface area contributed by atoms with Crippen LogP contribution in [0, 0.1) is 4.77 Å². The van der Waals surface area contributed by atoms with Gasteiger partial charge in [0, 0.05) is 16.6 Å². The second kappa shape index (κ2) is 7.43. The summed E-state index contributed by atoms with van der Waals surface area (Å²) in [6.45, 7) is 3.94. The zero-order valence-corrected chi connectivity index (χ0v) is 15.9. The number of aromatic nitrogens is 2. The van der Waals surface area contributed by atoms with E-state index in [0.29, 0.717) is 27.2 Å². The van der Waals surface area contributed by atoms with Gasteiger partial charge in [-0.3, -0.25) is 14.2 Å². The number of hydrogen-bond acceptors (Lipinski definition) is 3. The molecule has 0 saturated heterocycles. The number of carbonyl (C=O) groups is 1. The second-order valence-corrected chi connectivity index (χ2v) is 6.92. The van der Waals surface area contributed by atoms with Gasteiger partial charge >= 0.3 is 0 Å². The van der Waals surface area contributed by atoms with Gasteiger partial charge in [0.25, 0.3) is 11.5 Å². The van der Waals surface area contributed by atoms with Gasteiger partial charge in [-0.15, -0.1) is 0 Å². The molecule has 1 aromatic heterocycles. The maximum atomic E-state index is 12.9. The topological polar surface area (TPSA) is 66.9 Å². The standard InChI is InChI=1S/C19H18ClN3O2S/c1-3-11(2)21-17(24)12-5-4-6-14(9-12)23-18(25)15-8-7-13(20)10-16(15)22-19(23)26/h4-11H,3H2,1-2H3,(H,21,24)(H,22,26)/t11-/m0/s1. The molecule has 0 saturated carbocycles. The van der Waals surface area contributed by atoms with Crippen molar-refractivity contribution < 1.29 is 4.79 Å². The Bertz CT molecular complexity index is 1100. The summed E-state index contributed by atoms with van der Waals surface area (Å²) in [6.07, 6.45) is 0.837. The van der Waals surface area contributed by atoms with E-state index in [9.17, 15) is 9.59 Å². The second-order valence-electron chi connectivity index (χ2n) is 6.09. The van der Waals surface area contributed by atoms with Crippen LogP contribution in [0.4, 0.5) is 0 Å². The zero-order valence-electron chi connectivity index (χ0n) is 14.4. The van der Waals surface area contributed by atoms with Crippen molar-refractivity contribution in [1.82, 2.24) is 14.9 Å². The van der Waals surface area contributed by atoms with Crippen molar-refractivity contribution in [2.75, 3.05) is 0 Å². The van der Waals surface area contributed by atoms with Crippen LogP contribution in [0.15, 0.2) is 47.3 Å². The molecule has 0 radical (unpaired) electrons. The summed E-state index contributed by atoms with van der Waals surface area (Å²) in [7, 11) is 0. The Morgan fingerprint density at radius 1 is 1.31 bits per heavy atom. The van der Waals surface area contributed by atoms with Gasteiger partial charge in [0.05, 0.1) is 16.6 Å². The smallest absolute Gasteiger partial charge is 0.266 e. The molecular formula is C19H18ClN3O2S. The molecule has 26 heavy (non-hydrogen) atoms. The van der Waals surface area contributed by atoms with Crippen LogP contribution in [0.3, 0.4) is 0 Å². The minimum absolute atomic E-state index is 0.0714. The van der Waals surface area contributed by atoms with Gasteiger partial charge in [-0.05, 0) is 62.0 Å². The fraction of sp³-hybridized carbons (Fsp3) is 0.211. The number of H-pyrrole nitrogens is 1. The Morgan fingerprint density at radius 2 is 2.08 bits per heavy atom. The molecule has 3 rings (SSSR count). The number of nitrogens with one attached hydrogen (secondary N) is 2. The summed E-state index contributed by atoms with van der Waals surface area (Å²) in [4.78, 5) is 28.3. The number of amides is 1. The number of rotatable bonds is 4. The van der Waals surface area contributed by atoms with Crippen LogP contribution in [0.2, 0.25) is 5.02 Å². The lowest BCUT2D eigenvalue weighted by Crippen LogP contribution is -2.32. The molecule has 1 amide bonds. The molecule has 0 bridgehead atoms. The van der Waals surface area contributed by atoms with E-state index >= 15 is 0 Å². The number of hydrogen-bond donors (Lipinski definition) is 2. The van der Waals surface area contributed by atoms with Crippen LogP contribution in [-0.2, 0) is 0 Å². The van der Waals surface area contributed by atoms with Gasteiger partial charge < -0.3 is 10.3 Å². The zero-order chi connectivity index (χ0) is 18.8. The fourth-order valence-corrected chi connectivity index (χ4v) is 3.09. The first-order valence-electron chi connectivity index (χ1n) is 8.26. The SMILES string of the molecule is CC[C@H](C)NC(=O)c1cccc(-n2c(=S)[nH]c3cc(Cl)ccc3c2=O)c1. The normalized spacial score (nSPS) is 12.1. The minimum atomic E-state index is -0.264. The largest absolute Gasteiger partial charge is 0.350 e. The van der Waals surface area contributed by atoms with Gasteiger partial charge in [-0.2, -0.15) is 0 Å². The highest BCUT2D eigenvalue weighted by atomic mass is 35.5. The number of fused-ring (bicyclic) bond motifs is 1. The van der Waals surface area contributed by atoms with Crippen LogP contribution >= 0.6 is 23.8 Å². The van der Waals surface area contributed by atoms with E-state index in [1.54, 1.807) is 42.5 Å². The van der Waals surface area contributed by atoms with Crippen molar-refractivity contribution in [2.45, 2.75) is 26.3 Å². The third-order valence-corrected chi connectivity index (χ3v) is 4.74. The molecule has 1 atom stereocenters. The van der Waals surface area contributed by atoms with E-state index in [2.05, 4.69) is 10.3 Å². The Kier molecular flexibility index (Phi) is 5.25. The first-order chi connectivity index (χ1) is 12.4. The van der Waals surface area contributed by atoms with E-state index in [1.807, 2.05) is 13.8 Å². The number of halogens is 1. The molecule has 7 heteroatoms. The number of aromatic amines is 1. The molecule has 1 heterocycles. The molecule has 0 unspecified atom stereocenters. The van der Waals surface area contributed by atoms with E-state index in [-0.39, 0.29) is 22.3 Å². The van der Waals surface area contributed by atoms with Crippen LogP contribution in [0.5, 0.6) is 0 Å². The molecular weight excluding hydrogens is 370 g/mol. The monoisotopic (exact) mass is 387 g/mol. The summed E-state index contributed by atoms with van der Waals surface area (Å²) in [6, 6.07) is 11.9. The fourth-order valence-electron chi connectivity index (χ4n) is 2.62. The molecule has 2 aromatic carbocycles. The van der Waals surface area contributed by atoms with Crippen molar-refractivity contribution in [3.63, 3.8) is 0 Å². The van der Waals surface area contributed by atoms with Gasteiger partial charge in [0.2, 0.25) is 0 Å². The first-order valence-corrected chi connectivity index (χ1v) is 9.05. The van der Waals surface area contributed by atoms with Gasteiger partial charge in [0.1, 0.15) is 0 Å². The predicted molar refractivity (Wildman–Crippen MR) is 107 cm³/mol. The average molecular weight is 388 g/mol. The van der Waals surface area contributed by atoms with Crippen LogP contribution in [0.1, 0.15) is 30.6 Å². The quantitative estimate of drug-likeness (QED) is 0.658. The molecule has 5 nitrogen and oxygen atoms in total. The Labute approximate surface area is 160 Å². The Morgan fingerprint density at radius 3 is 2.81 bits per heavy atom. The van der Waals surface area contributed by atoms with Crippen molar-refractivity contribution >= 4 is 40.6 Å². The lowest BCUT2D eigenvalue weighted by molar-refractivity contribution is 0.0939. The highest BCUT2D eigenvalue weighted by Crippen LogP contribution is 2.17. The number of benzene rings is 2. The highest BCUT2D eigenvalue weighted by molar-refractivity contribution is 7.71. The average Bonchev–Trinajstić information content (AvgIpc) is 2.61. The Hall–Kier alpha value is -2.44. The summed E-state index contributed by atoms with van der Waals surface area (Å²) < 4.78 is 1.62. The number of carbonyl (C=O) groups excluding carboxylic acids is 1. The molecule has 0 aliphatic heterocycles. The molecule has 0 spiro atoms. The highest BCUT2D eigenvalue weighted by Gasteiger charge is 2.12. The maximum absolute atomic E-state index is 12.9. The van der Waals surface area contributed by atoms with E-state index in [4.69, 9.17) is 23.8 Å². The molecule has 0 fully saturated rings. The molecule has 0 aliphatic rings. The summed E-state index contributed by atoms with van der Waals surface area (Å²) >= 11 is 11.3. The molecule has 0 aliphatic carbocycles. The van der Waals surface area contributed by atoms with Crippen molar-refractivity contribution in [1.29, 1.82) is 0 Å². The third-order valence-electron chi connectivity index (χ3n) is 4.22. The molecule has 134 valence electrons. The van der Waals surface area contributed by atoms with Crippen LogP contribution in [-0.4, -0.2) is 21.5 Å². The third kappa shape index (κ3) is 3.57. The van der Waals surface area contributed by atoms with Crippen molar-refractivity contribution in [2.24, 2.45) is 0 Å². The van der Waals surface area contributed by atoms with Crippen molar-refractivity contribution in [3.05, 3.63) is 68.2 Å². The van der Waals surface area contributed by atoms with Crippen LogP contribution < -0.4 is 10.9 Å². The summed E-state index contributed by atoms with van der Waals surface area (Å²) in [5.74, 6) is -0.184. The number of nitrogens with zero attached hydrogens (tertiary/aromatic N) is 1. The van der Waals surface area contributed by atoms with Crippen LogP contribution in [0.25, 0.3) is 16.6 Å². The summed E-state index contributed by atoms with van der Waals surface area (Å²) in [5, 5.41) is 3.90. The van der Waals surface area contributed by atoms with Gasteiger partial charge in [-0.1, -0.05) is 24.6 Å². The van der Waals surface area contributed by atoms with E-state index < -0.39 is 0 Å². The lowest BCUT2D eigenvalue weighted by Gasteiger charge is -2.13. The summed E-state index contributed by atoms with van der Waals surface area (Å²) in [5.41, 5.74) is 1.32. The van der Waals surface area contributed by atoms with Gasteiger partial charge in [-0.25, -0.2) is 0 Å². The van der Waals surface area contributed by atoms with E-state index in [1.165, 1.54) is 4.57 Å². The Balaban J connectivity index is 2.11. The lowest BCUT2D eigenvalue weighted by atomic mass is 10.1. The molecule has 3 aromatic rings. The maximum Gasteiger partial charge on any atom is 0.266 e.